The summed E-state index contributed by atoms with van der Waals surface area (Å²) in [4.78, 5) is 33.3. The van der Waals surface area contributed by atoms with E-state index in [9.17, 15) is 18.0 Å². The van der Waals surface area contributed by atoms with E-state index in [1.807, 2.05) is 39.0 Å². The van der Waals surface area contributed by atoms with Gasteiger partial charge in [0.2, 0.25) is 21.8 Å². The third-order valence-electron chi connectivity index (χ3n) is 5.99. The molecule has 1 atom stereocenters. The van der Waals surface area contributed by atoms with Gasteiger partial charge < -0.3 is 15.1 Å². The van der Waals surface area contributed by atoms with Crippen LogP contribution in [0.4, 0.5) is 5.82 Å². The first-order valence-corrected chi connectivity index (χ1v) is 12.9. The van der Waals surface area contributed by atoms with Crippen LogP contribution in [-0.4, -0.2) is 86.0 Å². The largest absolute Gasteiger partial charge is 0.355 e. The van der Waals surface area contributed by atoms with Gasteiger partial charge in [-0.2, -0.15) is 4.31 Å². The van der Waals surface area contributed by atoms with Gasteiger partial charge in [0.1, 0.15) is 5.82 Å². The highest BCUT2D eigenvalue weighted by Gasteiger charge is 2.33. The Morgan fingerprint density at radius 2 is 1.84 bits per heavy atom. The SMILES string of the molecule is CC(C)(C)C(=O)N1CCCC(C(=O)NCCS(=O)(=O)N2CCN(c3ccccn3)CC2)C1. The maximum atomic E-state index is 12.7. The van der Waals surface area contributed by atoms with Crippen molar-refractivity contribution in [3.63, 3.8) is 0 Å². The molecule has 2 aliphatic rings. The van der Waals surface area contributed by atoms with Gasteiger partial charge in [-0.15, -0.1) is 0 Å². The minimum atomic E-state index is -3.45. The molecule has 1 aromatic heterocycles. The quantitative estimate of drug-likeness (QED) is 0.671. The number of hydrogen-bond acceptors (Lipinski definition) is 6. The predicted octanol–water partition coefficient (Wildman–Crippen LogP) is 0.934. The predicted molar refractivity (Wildman–Crippen MR) is 124 cm³/mol. The molecule has 32 heavy (non-hydrogen) atoms. The lowest BCUT2D eigenvalue weighted by Gasteiger charge is -2.36. The number of amides is 2. The van der Waals surface area contributed by atoms with Gasteiger partial charge in [-0.1, -0.05) is 26.8 Å². The van der Waals surface area contributed by atoms with Gasteiger partial charge in [0.05, 0.1) is 11.7 Å². The number of aromatic nitrogens is 1. The number of likely N-dealkylation sites (tertiary alicyclic amines) is 1. The lowest BCUT2D eigenvalue weighted by molar-refractivity contribution is -0.142. The zero-order chi connectivity index (χ0) is 23.4. The molecule has 0 spiro atoms. The number of carbonyl (C=O) groups is 2. The molecule has 0 saturated carbocycles. The highest BCUT2D eigenvalue weighted by molar-refractivity contribution is 7.89. The van der Waals surface area contributed by atoms with Crippen molar-refractivity contribution in [3.05, 3.63) is 24.4 Å². The second kappa shape index (κ2) is 10.2. The molecule has 178 valence electrons. The molecule has 1 N–H and O–H groups in total. The lowest BCUT2D eigenvalue weighted by atomic mass is 9.91. The van der Waals surface area contributed by atoms with Gasteiger partial charge in [0.15, 0.2) is 0 Å². The van der Waals surface area contributed by atoms with Gasteiger partial charge in [-0.25, -0.2) is 13.4 Å². The van der Waals surface area contributed by atoms with Crippen molar-refractivity contribution in [2.45, 2.75) is 33.6 Å². The summed E-state index contributed by atoms with van der Waals surface area (Å²) in [5.41, 5.74) is -0.479. The Bertz CT molecular complexity index is 893. The van der Waals surface area contributed by atoms with Crippen LogP contribution in [0, 0.1) is 11.3 Å². The van der Waals surface area contributed by atoms with Gasteiger partial charge in [-0.05, 0) is 25.0 Å². The number of piperidine rings is 1. The molecule has 3 heterocycles. The third-order valence-corrected chi connectivity index (χ3v) is 7.86. The van der Waals surface area contributed by atoms with Gasteiger partial charge in [-0.3, -0.25) is 9.59 Å². The second-order valence-electron chi connectivity index (χ2n) is 9.52. The number of rotatable bonds is 6. The van der Waals surface area contributed by atoms with Crippen LogP contribution in [0.25, 0.3) is 0 Å². The smallest absolute Gasteiger partial charge is 0.227 e. The number of sulfonamides is 1. The highest BCUT2D eigenvalue weighted by Crippen LogP contribution is 2.23. The molecule has 0 aromatic carbocycles. The average molecular weight is 466 g/mol. The first-order valence-electron chi connectivity index (χ1n) is 11.3. The molecule has 2 fully saturated rings. The molecule has 2 aliphatic heterocycles. The number of anilines is 1. The zero-order valence-electron chi connectivity index (χ0n) is 19.3. The van der Waals surface area contributed by atoms with Crippen LogP contribution in [0.5, 0.6) is 0 Å². The van der Waals surface area contributed by atoms with E-state index in [1.54, 1.807) is 11.1 Å². The molecule has 0 bridgehead atoms. The number of carbonyl (C=O) groups excluding carboxylic acids is 2. The van der Waals surface area contributed by atoms with E-state index in [0.717, 1.165) is 12.2 Å². The Morgan fingerprint density at radius 1 is 1.12 bits per heavy atom. The van der Waals surface area contributed by atoms with E-state index >= 15 is 0 Å². The van der Waals surface area contributed by atoms with Gasteiger partial charge in [0.25, 0.3) is 0 Å². The number of nitrogens with one attached hydrogen (secondary N) is 1. The summed E-state index contributed by atoms with van der Waals surface area (Å²) >= 11 is 0. The van der Waals surface area contributed by atoms with Crippen LogP contribution >= 0.6 is 0 Å². The van der Waals surface area contributed by atoms with Crippen LogP contribution in [0.1, 0.15) is 33.6 Å². The monoisotopic (exact) mass is 465 g/mol. The van der Waals surface area contributed by atoms with Crippen molar-refractivity contribution >= 4 is 27.7 Å². The van der Waals surface area contributed by atoms with Crippen LogP contribution in [0.15, 0.2) is 24.4 Å². The number of piperazine rings is 1. The fraction of sp³-hybridized carbons (Fsp3) is 0.682. The first kappa shape index (κ1) is 24.4. The summed E-state index contributed by atoms with van der Waals surface area (Å²) in [5.74, 6) is 0.302. The molecule has 1 unspecified atom stereocenters. The number of hydrogen-bond donors (Lipinski definition) is 1. The topological polar surface area (TPSA) is 103 Å². The molecule has 10 heteroatoms. The molecular weight excluding hydrogens is 430 g/mol. The van der Waals surface area contributed by atoms with Crippen molar-refractivity contribution in [2.75, 3.05) is 56.5 Å². The van der Waals surface area contributed by atoms with E-state index in [2.05, 4.69) is 15.2 Å². The van der Waals surface area contributed by atoms with Crippen LogP contribution < -0.4 is 10.2 Å². The number of pyridine rings is 1. The minimum absolute atomic E-state index is 0.0439. The standard InChI is InChI=1S/C22H35N5O4S/c1-22(2,3)21(29)26-11-6-7-18(17-26)20(28)24-10-16-32(30,31)27-14-12-25(13-15-27)19-8-4-5-9-23-19/h4-5,8-9,18H,6-7,10-17H2,1-3H3,(H,24,28). The van der Waals surface area contributed by atoms with Crippen molar-refractivity contribution in [1.82, 2.24) is 19.5 Å². The second-order valence-corrected chi connectivity index (χ2v) is 11.6. The van der Waals surface area contributed by atoms with Crippen molar-refractivity contribution in [1.29, 1.82) is 0 Å². The number of nitrogens with zero attached hydrogens (tertiary/aromatic N) is 4. The minimum Gasteiger partial charge on any atom is -0.355 e. The fourth-order valence-electron chi connectivity index (χ4n) is 4.16. The van der Waals surface area contributed by atoms with Crippen LogP contribution in [0.3, 0.4) is 0 Å². The van der Waals surface area contributed by atoms with E-state index in [-0.39, 0.29) is 30.0 Å². The maximum Gasteiger partial charge on any atom is 0.227 e. The zero-order valence-corrected chi connectivity index (χ0v) is 20.1. The third kappa shape index (κ3) is 6.19. The van der Waals surface area contributed by atoms with Gasteiger partial charge >= 0.3 is 0 Å². The normalized spacial score (nSPS) is 20.8. The van der Waals surface area contributed by atoms with E-state index in [1.165, 1.54) is 4.31 Å². The Kier molecular flexibility index (Phi) is 7.76. The van der Waals surface area contributed by atoms with Gasteiger partial charge in [0, 0.05) is 57.4 Å². The Morgan fingerprint density at radius 3 is 2.47 bits per heavy atom. The molecule has 3 rings (SSSR count). The summed E-state index contributed by atoms with van der Waals surface area (Å²) in [6, 6.07) is 5.69. The molecule has 1 aromatic rings. The molecule has 9 nitrogen and oxygen atoms in total. The van der Waals surface area contributed by atoms with Crippen LogP contribution in [0.2, 0.25) is 0 Å². The molecular formula is C22H35N5O4S. The van der Waals surface area contributed by atoms with E-state index in [0.29, 0.717) is 45.7 Å². The fourth-order valence-corrected chi connectivity index (χ4v) is 5.50. The molecule has 2 amide bonds. The Hall–Kier alpha value is -2.20. The van der Waals surface area contributed by atoms with Crippen molar-refractivity contribution in [2.24, 2.45) is 11.3 Å². The average Bonchev–Trinajstić information content (AvgIpc) is 2.78. The maximum absolute atomic E-state index is 12.7. The summed E-state index contributed by atoms with van der Waals surface area (Å²) in [7, 11) is -3.45. The van der Waals surface area contributed by atoms with Crippen LogP contribution in [-0.2, 0) is 19.6 Å². The summed E-state index contributed by atoms with van der Waals surface area (Å²) in [6.07, 6.45) is 3.21. The van der Waals surface area contributed by atoms with E-state index in [4.69, 9.17) is 0 Å². The highest BCUT2D eigenvalue weighted by atomic mass is 32.2. The Balaban J connectivity index is 1.44. The Labute approximate surface area is 191 Å². The van der Waals surface area contributed by atoms with E-state index < -0.39 is 15.4 Å². The summed E-state index contributed by atoms with van der Waals surface area (Å²) < 4.78 is 26.9. The molecule has 0 radical (unpaired) electrons. The molecule has 2 saturated heterocycles. The molecule has 0 aliphatic carbocycles. The van der Waals surface area contributed by atoms with Crippen molar-refractivity contribution in [3.8, 4) is 0 Å². The summed E-state index contributed by atoms with van der Waals surface area (Å²) in [5, 5.41) is 2.78. The van der Waals surface area contributed by atoms with Crippen molar-refractivity contribution < 1.29 is 18.0 Å². The summed E-state index contributed by atoms with van der Waals surface area (Å²) in [6.45, 7) is 8.73. The first-order chi connectivity index (χ1) is 15.1. The lowest BCUT2D eigenvalue weighted by Crippen LogP contribution is -2.51.